The zero-order valence-electron chi connectivity index (χ0n) is 8.80. The van der Waals surface area contributed by atoms with E-state index in [1.165, 1.54) is 18.4 Å². The van der Waals surface area contributed by atoms with E-state index in [0.29, 0.717) is 5.92 Å². The Morgan fingerprint density at radius 1 is 1.15 bits per heavy atom. The number of fused-ring (bicyclic) bond motifs is 1. The Labute approximate surface area is 81.0 Å². The fraction of sp³-hybridized carbons (Fsp3) is 0.538. The third-order valence-electron chi connectivity index (χ3n) is 3.03. The van der Waals surface area contributed by atoms with Crippen molar-refractivity contribution < 1.29 is 0 Å². The Bertz CT molecular complexity index is 310. The van der Waals surface area contributed by atoms with Crippen molar-refractivity contribution in [2.24, 2.45) is 5.92 Å². The molecule has 0 radical (unpaired) electrons. The molecule has 0 saturated heterocycles. The van der Waals surface area contributed by atoms with Crippen LogP contribution in [-0.4, -0.2) is 0 Å². The summed E-state index contributed by atoms with van der Waals surface area (Å²) in [6.07, 6.45) is 2.57. The minimum absolute atomic E-state index is 0.668. The first-order valence-corrected chi connectivity index (χ1v) is 5.28. The molecule has 0 heterocycles. The lowest BCUT2D eigenvalue weighted by Gasteiger charge is -2.07. The molecule has 0 saturated carbocycles. The van der Waals surface area contributed by atoms with Gasteiger partial charge in [0.15, 0.2) is 0 Å². The van der Waals surface area contributed by atoms with Crippen LogP contribution < -0.4 is 0 Å². The normalized spacial score (nSPS) is 20.8. The van der Waals surface area contributed by atoms with Gasteiger partial charge in [0.1, 0.15) is 0 Å². The maximum atomic E-state index is 2.41. The summed E-state index contributed by atoms with van der Waals surface area (Å²) in [6, 6.07) is 7.03. The highest BCUT2D eigenvalue weighted by atomic mass is 14.2. The van der Waals surface area contributed by atoms with Crippen molar-refractivity contribution in [2.75, 3.05) is 0 Å². The third-order valence-corrected chi connectivity index (χ3v) is 3.03. The zero-order chi connectivity index (χ0) is 9.42. The molecular formula is C13H18. The van der Waals surface area contributed by atoms with Crippen molar-refractivity contribution in [3.8, 4) is 0 Å². The van der Waals surface area contributed by atoms with Gasteiger partial charge in [-0.2, -0.15) is 0 Å². The number of hydrogen-bond acceptors (Lipinski definition) is 0. The maximum Gasteiger partial charge on any atom is -0.0219 e. The minimum Gasteiger partial charge on any atom is -0.0619 e. The Morgan fingerprint density at radius 3 is 2.54 bits per heavy atom. The van der Waals surface area contributed by atoms with Gasteiger partial charge in [-0.25, -0.2) is 0 Å². The van der Waals surface area contributed by atoms with Gasteiger partial charge in [-0.1, -0.05) is 39.0 Å². The SMILES string of the molecule is CC1Cc2ccc(C(C)C)cc2C1. The molecule has 1 aliphatic carbocycles. The van der Waals surface area contributed by atoms with Crippen LogP contribution in [0, 0.1) is 5.92 Å². The Hall–Kier alpha value is -0.780. The molecule has 0 spiro atoms. The molecule has 0 nitrogen and oxygen atoms in total. The van der Waals surface area contributed by atoms with Gasteiger partial charge in [0.05, 0.1) is 0 Å². The highest BCUT2D eigenvalue weighted by molar-refractivity contribution is 5.37. The van der Waals surface area contributed by atoms with E-state index < -0.39 is 0 Å². The maximum absolute atomic E-state index is 2.41. The van der Waals surface area contributed by atoms with Gasteiger partial charge in [0, 0.05) is 0 Å². The predicted octanol–water partition coefficient (Wildman–Crippen LogP) is 3.54. The van der Waals surface area contributed by atoms with E-state index in [2.05, 4.69) is 39.0 Å². The van der Waals surface area contributed by atoms with Crippen LogP contribution in [0.3, 0.4) is 0 Å². The second-order valence-electron chi connectivity index (χ2n) is 4.70. The standard InChI is InChI=1S/C13H18/c1-9(2)11-4-5-12-6-10(3)7-13(12)8-11/h4-5,8-10H,6-7H2,1-3H3. The van der Waals surface area contributed by atoms with Crippen LogP contribution in [0.4, 0.5) is 0 Å². The second kappa shape index (κ2) is 3.17. The zero-order valence-corrected chi connectivity index (χ0v) is 8.80. The highest BCUT2D eigenvalue weighted by Gasteiger charge is 2.17. The number of benzene rings is 1. The van der Waals surface area contributed by atoms with E-state index >= 15 is 0 Å². The summed E-state index contributed by atoms with van der Waals surface area (Å²) < 4.78 is 0. The van der Waals surface area contributed by atoms with E-state index in [1.54, 1.807) is 11.1 Å². The van der Waals surface area contributed by atoms with Gasteiger partial charge < -0.3 is 0 Å². The van der Waals surface area contributed by atoms with Crippen LogP contribution in [0.25, 0.3) is 0 Å². The molecule has 0 aliphatic heterocycles. The summed E-state index contributed by atoms with van der Waals surface area (Å²) in [5, 5.41) is 0. The molecule has 0 amide bonds. The Kier molecular flexibility index (Phi) is 2.15. The van der Waals surface area contributed by atoms with Crippen LogP contribution in [0.15, 0.2) is 18.2 Å². The van der Waals surface area contributed by atoms with Crippen molar-refractivity contribution >= 4 is 0 Å². The first kappa shape index (κ1) is 8.80. The third kappa shape index (κ3) is 1.63. The van der Waals surface area contributed by atoms with E-state index in [9.17, 15) is 0 Å². The van der Waals surface area contributed by atoms with Crippen LogP contribution in [0.5, 0.6) is 0 Å². The van der Waals surface area contributed by atoms with E-state index in [1.807, 2.05) is 0 Å². The van der Waals surface area contributed by atoms with Crippen molar-refractivity contribution in [1.82, 2.24) is 0 Å². The lowest BCUT2D eigenvalue weighted by Crippen LogP contribution is -1.90. The van der Waals surface area contributed by atoms with Gasteiger partial charge in [0.2, 0.25) is 0 Å². The van der Waals surface area contributed by atoms with E-state index in [-0.39, 0.29) is 0 Å². The van der Waals surface area contributed by atoms with Gasteiger partial charge in [-0.05, 0) is 41.4 Å². The summed E-state index contributed by atoms with van der Waals surface area (Å²) in [5.41, 5.74) is 4.67. The fourth-order valence-corrected chi connectivity index (χ4v) is 2.22. The molecule has 0 N–H and O–H groups in total. The minimum atomic E-state index is 0.668. The second-order valence-corrected chi connectivity index (χ2v) is 4.70. The van der Waals surface area contributed by atoms with Crippen LogP contribution in [0.1, 0.15) is 43.4 Å². The first-order valence-electron chi connectivity index (χ1n) is 5.28. The monoisotopic (exact) mass is 174 g/mol. The average Bonchev–Trinajstić information content (AvgIpc) is 2.42. The van der Waals surface area contributed by atoms with Gasteiger partial charge >= 0.3 is 0 Å². The molecule has 1 unspecified atom stereocenters. The lowest BCUT2D eigenvalue weighted by molar-refractivity contribution is 0.627. The van der Waals surface area contributed by atoms with Gasteiger partial charge in [0.25, 0.3) is 0 Å². The van der Waals surface area contributed by atoms with Crippen LogP contribution >= 0.6 is 0 Å². The fourth-order valence-electron chi connectivity index (χ4n) is 2.22. The molecule has 0 aromatic heterocycles. The molecular weight excluding hydrogens is 156 g/mol. The lowest BCUT2D eigenvalue weighted by atomic mass is 9.99. The molecule has 1 aliphatic rings. The highest BCUT2D eigenvalue weighted by Crippen LogP contribution is 2.29. The molecule has 0 fully saturated rings. The molecule has 1 aromatic carbocycles. The molecule has 1 aromatic rings. The summed E-state index contributed by atoms with van der Waals surface area (Å²) in [6.45, 7) is 6.87. The number of hydrogen-bond donors (Lipinski definition) is 0. The summed E-state index contributed by atoms with van der Waals surface area (Å²) >= 11 is 0. The summed E-state index contributed by atoms with van der Waals surface area (Å²) in [4.78, 5) is 0. The molecule has 0 heteroatoms. The van der Waals surface area contributed by atoms with Crippen LogP contribution in [-0.2, 0) is 12.8 Å². The molecule has 0 bridgehead atoms. The van der Waals surface area contributed by atoms with E-state index in [4.69, 9.17) is 0 Å². The average molecular weight is 174 g/mol. The van der Waals surface area contributed by atoms with Crippen molar-refractivity contribution in [3.63, 3.8) is 0 Å². The Balaban J connectivity index is 2.35. The van der Waals surface area contributed by atoms with Gasteiger partial charge in [-0.3, -0.25) is 0 Å². The predicted molar refractivity (Wildman–Crippen MR) is 57.1 cm³/mol. The quantitative estimate of drug-likeness (QED) is 0.611. The molecule has 13 heavy (non-hydrogen) atoms. The smallest absolute Gasteiger partial charge is 0.0219 e. The summed E-state index contributed by atoms with van der Waals surface area (Å²) in [5.74, 6) is 1.53. The van der Waals surface area contributed by atoms with Crippen molar-refractivity contribution in [1.29, 1.82) is 0 Å². The van der Waals surface area contributed by atoms with Crippen molar-refractivity contribution in [2.45, 2.75) is 39.5 Å². The topological polar surface area (TPSA) is 0 Å². The molecule has 2 rings (SSSR count). The Morgan fingerprint density at radius 2 is 1.85 bits per heavy atom. The van der Waals surface area contributed by atoms with E-state index in [0.717, 1.165) is 5.92 Å². The molecule has 70 valence electrons. The molecule has 1 atom stereocenters. The largest absolute Gasteiger partial charge is 0.0619 e. The number of rotatable bonds is 1. The first-order chi connectivity index (χ1) is 6.16. The van der Waals surface area contributed by atoms with Gasteiger partial charge in [-0.15, -0.1) is 0 Å². The summed E-state index contributed by atoms with van der Waals surface area (Å²) in [7, 11) is 0. The van der Waals surface area contributed by atoms with Crippen molar-refractivity contribution in [3.05, 3.63) is 34.9 Å². The van der Waals surface area contributed by atoms with Crippen LogP contribution in [0.2, 0.25) is 0 Å².